The van der Waals surface area contributed by atoms with Crippen LogP contribution in [0.4, 0.5) is 23.5 Å². The molecule has 0 aliphatic rings. The summed E-state index contributed by atoms with van der Waals surface area (Å²) in [5, 5.41) is 5.99. The molecule has 0 atom stereocenters. The Hall–Kier alpha value is -3.09. The molecule has 0 saturated carbocycles. The molecule has 0 aliphatic carbocycles. The van der Waals surface area contributed by atoms with E-state index in [0.717, 1.165) is 0 Å². The zero-order valence-electron chi connectivity index (χ0n) is 10.4. The molecule has 0 amide bonds. The maximum atomic E-state index is 4.24. The maximum Gasteiger partial charge on any atom is 0.233 e. The van der Waals surface area contributed by atoms with Gasteiger partial charge in [0.15, 0.2) is 0 Å². The van der Waals surface area contributed by atoms with Gasteiger partial charge >= 0.3 is 0 Å². The van der Waals surface area contributed by atoms with Crippen LogP contribution in [0.5, 0.6) is 0 Å². The van der Waals surface area contributed by atoms with Crippen molar-refractivity contribution in [1.29, 1.82) is 0 Å². The number of pyridine rings is 2. The van der Waals surface area contributed by atoms with Gasteiger partial charge in [-0.15, -0.1) is 0 Å². The van der Waals surface area contributed by atoms with Crippen molar-refractivity contribution in [3.8, 4) is 0 Å². The molecule has 7 heteroatoms. The van der Waals surface area contributed by atoms with Crippen LogP contribution in [0.1, 0.15) is 0 Å². The molecule has 0 aliphatic heterocycles. The molecule has 0 radical (unpaired) electrons. The van der Waals surface area contributed by atoms with E-state index in [2.05, 4.69) is 35.6 Å². The quantitative estimate of drug-likeness (QED) is 0.747. The normalized spacial score (nSPS) is 10.0. The summed E-state index contributed by atoms with van der Waals surface area (Å²) in [4.78, 5) is 20.6. The standard InChI is InChI=1S/C13H11N7/c1-3-7-14-10(5-1)18-12-16-9-17-13(20-12)19-11-6-2-4-8-15-11/h1-9H,(H2,14,15,16,17,18,19,20). The summed E-state index contributed by atoms with van der Waals surface area (Å²) < 4.78 is 0. The van der Waals surface area contributed by atoms with Crippen molar-refractivity contribution in [3.05, 3.63) is 55.1 Å². The van der Waals surface area contributed by atoms with Crippen LogP contribution in [-0.2, 0) is 0 Å². The van der Waals surface area contributed by atoms with E-state index in [1.807, 2.05) is 36.4 Å². The molecule has 98 valence electrons. The Kier molecular flexibility index (Phi) is 3.41. The Morgan fingerprint density at radius 3 is 1.65 bits per heavy atom. The Morgan fingerprint density at radius 2 is 1.20 bits per heavy atom. The molecule has 0 bridgehead atoms. The highest BCUT2D eigenvalue weighted by Gasteiger charge is 2.02. The molecule has 20 heavy (non-hydrogen) atoms. The van der Waals surface area contributed by atoms with Crippen molar-refractivity contribution >= 4 is 23.5 Å². The number of nitrogens with zero attached hydrogens (tertiary/aromatic N) is 5. The maximum absolute atomic E-state index is 4.24. The zero-order chi connectivity index (χ0) is 13.6. The molecule has 7 nitrogen and oxygen atoms in total. The average Bonchev–Trinajstić information content (AvgIpc) is 2.50. The fraction of sp³-hybridized carbons (Fsp3) is 0. The van der Waals surface area contributed by atoms with E-state index in [0.29, 0.717) is 23.5 Å². The molecule has 3 aromatic rings. The minimum atomic E-state index is 0.414. The van der Waals surface area contributed by atoms with Gasteiger partial charge in [-0.2, -0.15) is 4.98 Å². The lowest BCUT2D eigenvalue weighted by atomic mass is 10.5. The summed E-state index contributed by atoms with van der Waals surface area (Å²) in [5.74, 6) is 2.17. The first-order valence-corrected chi connectivity index (χ1v) is 5.95. The van der Waals surface area contributed by atoms with Gasteiger partial charge in [-0.05, 0) is 24.3 Å². The van der Waals surface area contributed by atoms with Crippen LogP contribution in [0, 0.1) is 0 Å². The minimum absolute atomic E-state index is 0.414. The van der Waals surface area contributed by atoms with E-state index >= 15 is 0 Å². The van der Waals surface area contributed by atoms with Crippen LogP contribution in [-0.4, -0.2) is 24.9 Å². The predicted molar refractivity (Wildman–Crippen MR) is 74.9 cm³/mol. The SMILES string of the molecule is c1ccc(Nc2ncnc(Nc3ccccn3)n2)nc1. The molecule has 2 N–H and O–H groups in total. The highest BCUT2D eigenvalue weighted by atomic mass is 15.2. The lowest BCUT2D eigenvalue weighted by molar-refractivity contribution is 1.05. The van der Waals surface area contributed by atoms with E-state index < -0.39 is 0 Å². The number of aromatic nitrogens is 5. The van der Waals surface area contributed by atoms with E-state index in [1.165, 1.54) is 6.33 Å². The smallest absolute Gasteiger partial charge is 0.233 e. The number of rotatable bonds is 4. The van der Waals surface area contributed by atoms with Crippen LogP contribution in [0.2, 0.25) is 0 Å². The molecule has 3 aromatic heterocycles. The Balaban J connectivity index is 1.76. The fourth-order valence-electron chi connectivity index (χ4n) is 1.52. The third kappa shape index (κ3) is 3.02. The summed E-state index contributed by atoms with van der Waals surface area (Å²) in [6.45, 7) is 0. The molecule has 0 fully saturated rings. The van der Waals surface area contributed by atoms with Crippen molar-refractivity contribution in [2.75, 3.05) is 10.6 Å². The number of hydrogen-bond donors (Lipinski definition) is 2. The monoisotopic (exact) mass is 265 g/mol. The van der Waals surface area contributed by atoms with Crippen molar-refractivity contribution in [3.63, 3.8) is 0 Å². The van der Waals surface area contributed by atoms with Crippen molar-refractivity contribution in [2.24, 2.45) is 0 Å². The Morgan fingerprint density at radius 1 is 0.650 bits per heavy atom. The predicted octanol–water partition coefficient (Wildman–Crippen LogP) is 2.15. The number of hydrogen-bond acceptors (Lipinski definition) is 7. The number of anilines is 4. The first kappa shape index (κ1) is 12.0. The van der Waals surface area contributed by atoms with Gasteiger partial charge < -0.3 is 10.6 Å². The lowest BCUT2D eigenvalue weighted by Gasteiger charge is -2.06. The van der Waals surface area contributed by atoms with Crippen LogP contribution in [0.25, 0.3) is 0 Å². The summed E-state index contributed by atoms with van der Waals surface area (Å²) in [7, 11) is 0. The summed E-state index contributed by atoms with van der Waals surface area (Å²) in [6, 6.07) is 11.1. The number of nitrogens with one attached hydrogen (secondary N) is 2. The van der Waals surface area contributed by atoms with Crippen LogP contribution < -0.4 is 10.6 Å². The zero-order valence-corrected chi connectivity index (χ0v) is 10.4. The van der Waals surface area contributed by atoms with Gasteiger partial charge in [-0.3, -0.25) is 0 Å². The van der Waals surface area contributed by atoms with E-state index in [-0.39, 0.29) is 0 Å². The van der Waals surface area contributed by atoms with Crippen LogP contribution >= 0.6 is 0 Å². The van der Waals surface area contributed by atoms with E-state index in [9.17, 15) is 0 Å². The van der Waals surface area contributed by atoms with Gasteiger partial charge in [-0.1, -0.05) is 12.1 Å². The molecular formula is C13H11N7. The molecular weight excluding hydrogens is 254 g/mol. The van der Waals surface area contributed by atoms with Crippen LogP contribution in [0.3, 0.4) is 0 Å². The van der Waals surface area contributed by atoms with Gasteiger partial charge in [0.05, 0.1) is 0 Å². The van der Waals surface area contributed by atoms with Crippen molar-refractivity contribution in [2.45, 2.75) is 0 Å². The summed E-state index contributed by atoms with van der Waals surface area (Å²) >= 11 is 0. The Bertz CT molecular complexity index is 616. The van der Waals surface area contributed by atoms with Crippen molar-refractivity contribution < 1.29 is 0 Å². The van der Waals surface area contributed by atoms with Gasteiger partial charge in [0, 0.05) is 12.4 Å². The van der Waals surface area contributed by atoms with E-state index in [4.69, 9.17) is 0 Å². The first-order chi connectivity index (χ1) is 9.90. The van der Waals surface area contributed by atoms with Gasteiger partial charge in [0.25, 0.3) is 0 Å². The van der Waals surface area contributed by atoms with Gasteiger partial charge in [0.2, 0.25) is 11.9 Å². The highest BCUT2D eigenvalue weighted by Crippen LogP contribution is 2.12. The van der Waals surface area contributed by atoms with E-state index in [1.54, 1.807) is 12.4 Å². The topological polar surface area (TPSA) is 88.5 Å². The van der Waals surface area contributed by atoms with Gasteiger partial charge in [0.1, 0.15) is 18.0 Å². The molecule has 0 aromatic carbocycles. The van der Waals surface area contributed by atoms with Crippen molar-refractivity contribution in [1.82, 2.24) is 24.9 Å². The highest BCUT2D eigenvalue weighted by molar-refractivity contribution is 5.51. The second-order valence-corrected chi connectivity index (χ2v) is 3.81. The third-order valence-corrected chi connectivity index (χ3v) is 2.38. The minimum Gasteiger partial charge on any atom is -0.309 e. The molecule has 0 spiro atoms. The largest absolute Gasteiger partial charge is 0.309 e. The third-order valence-electron chi connectivity index (χ3n) is 2.38. The Labute approximate surface area is 115 Å². The van der Waals surface area contributed by atoms with Crippen LogP contribution in [0.15, 0.2) is 55.1 Å². The van der Waals surface area contributed by atoms with Gasteiger partial charge in [-0.25, -0.2) is 19.9 Å². The first-order valence-electron chi connectivity index (χ1n) is 5.95. The average molecular weight is 265 g/mol. The summed E-state index contributed by atoms with van der Waals surface area (Å²) in [6.07, 6.45) is 4.80. The summed E-state index contributed by atoms with van der Waals surface area (Å²) in [5.41, 5.74) is 0. The lowest BCUT2D eigenvalue weighted by Crippen LogP contribution is -2.03. The second-order valence-electron chi connectivity index (χ2n) is 3.81. The molecule has 0 unspecified atom stereocenters. The molecule has 0 saturated heterocycles. The molecule has 3 rings (SSSR count). The molecule has 3 heterocycles. The second kappa shape index (κ2) is 5.70. The fourth-order valence-corrected chi connectivity index (χ4v) is 1.52.